The van der Waals surface area contributed by atoms with Gasteiger partial charge in [0.15, 0.2) is 0 Å². The molecule has 6 aromatic carbocycles. The molecule has 0 radical (unpaired) electrons. The third kappa shape index (κ3) is 6.81. The molecule has 0 saturated heterocycles. The van der Waals surface area contributed by atoms with Gasteiger partial charge < -0.3 is 28.9 Å². The molecule has 8 heteroatoms. The third-order valence-corrected chi connectivity index (χ3v) is 9.14. The van der Waals surface area contributed by atoms with E-state index in [-0.39, 0.29) is 34.5 Å². The first-order chi connectivity index (χ1) is 22.6. The number of aryl methyl sites for hydroxylation is 3. The fraction of sp³-hybridized carbons (Fsp3) is 0.0769. The van der Waals surface area contributed by atoms with Crippen molar-refractivity contribution in [2.45, 2.75) is 20.8 Å². The van der Waals surface area contributed by atoms with E-state index in [2.05, 4.69) is 0 Å². The van der Waals surface area contributed by atoms with E-state index >= 15 is 0 Å². The van der Waals surface area contributed by atoms with Gasteiger partial charge in [0.05, 0.1) is 0 Å². The minimum atomic E-state index is -4.35. The lowest BCUT2D eigenvalue weighted by molar-refractivity contribution is 0.298. The summed E-state index contributed by atoms with van der Waals surface area (Å²) in [4.78, 5) is 0. The molecule has 0 spiro atoms. The molecule has 0 aliphatic heterocycles. The molecule has 236 valence electrons. The van der Waals surface area contributed by atoms with Crippen LogP contribution < -0.4 is 13.6 Å². The predicted molar refractivity (Wildman–Crippen MR) is 184 cm³/mol. The van der Waals surface area contributed by atoms with Crippen LogP contribution in [0.2, 0.25) is 0 Å². The van der Waals surface area contributed by atoms with Crippen LogP contribution in [-0.4, -0.2) is 15.3 Å². The molecule has 0 unspecified atom stereocenters. The number of rotatable bonds is 9. The maximum Gasteiger partial charge on any atom is 0.647 e. The predicted octanol–water partition coefficient (Wildman–Crippen LogP) is 10.4. The van der Waals surface area contributed by atoms with Crippen LogP contribution in [0.1, 0.15) is 16.7 Å². The van der Waals surface area contributed by atoms with Crippen LogP contribution in [0.4, 0.5) is 0 Å². The minimum Gasteiger partial charge on any atom is -0.507 e. The quantitative estimate of drug-likeness (QED) is 0.135. The molecule has 0 aliphatic rings. The van der Waals surface area contributed by atoms with E-state index in [0.717, 1.165) is 33.4 Å². The van der Waals surface area contributed by atoms with Gasteiger partial charge in [-0.25, -0.2) is 0 Å². The lowest BCUT2D eigenvalue weighted by Crippen LogP contribution is -2.07. The van der Waals surface area contributed by atoms with Crippen molar-refractivity contribution in [3.8, 4) is 67.9 Å². The number of aromatic hydroxyl groups is 3. The molecular formula is C39H33O7P. The summed E-state index contributed by atoms with van der Waals surface area (Å²) in [5.74, 6) is 1.15. The van der Waals surface area contributed by atoms with Crippen LogP contribution in [0.3, 0.4) is 0 Å². The Morgan fingerprint density at radius 3 is 0.894 bits per heavy atom. The van der Waals surface area contributed by atoms with Gasteiger partial charge in [-0.2, -0.15) is 4.57 Å². The van der Waals surface area contributed by atoms with Crippen molar-refractivity contribution in [2.24, 2.45) is 0 Å². The molecule has 6 rings (SSSR count). The second-order valence-corrected chi connectivity index (χ2v) is 12.6. The molecule has 0 aromatic heterocycles. The SMILES string of the molecule is Cc1cccc(O)c1-c1ccc(OP(=O)(Oc2ccc(-c3c(C)cccc3O)cc2)Oc2ccc(-c3c(C)cccc3O)cc2)cc1. The van der Waals surface area contributed by atoms with E-state index in [4.69, 9.17) is 13.6 Å². The Labute approximate surface area is 273 Å². The standard InChI is InChI=1S/C39H33O7P/c1-25-7-4-10-34(40)37(25)28-13-19-31(20-14-28)44-47(43,45-32-21-15-29(16-22-32)38-26(2)8-5-11-35(38)41)46-33-23-17-30(18-24-33)39-27(3)9-6-12-36(39)42/h4-24,40-42H,1-3H3. The van der Waals surface area contributed by atoms with Crippen molar-refractivity contribution in [2.75, 3.05) is 0 Å². The summed E-state index contributed by atoms with van der Waals surface area (Å²) in [6, 6.07) is 36.3. The summed E-state index contributed by atoms with van der Waals surface area (Å²) in [7, 11) is -4.35. The van der Waals surface area contributed by atoms with Gasteiger partial charge in [-0.1, -0.05) is 72.8 Å². The van der Waals surface area contributed by atoms with Gasteiger partial charge in [-0.3, -0.25) is 0 Å². The summed E-state index contributed by atoms with van der Waals surface area (Å²) in [5, 5.41) is 31.3. The molecule has 0 saturated carbocycles. The maximum atomic E-state index is 14.3. The Morgan fingerprint density at radius 2 is 0.660 bits per heavy atom. The molecule has 0 amide bonds. The zero-order valence-corrected chi connectivity index (χ0v) is 26.9. The van der Waals surface area contributed by atoms with Gasteiger partial charge in [0.1, 0.15) is 34.5 Å². The van der Waals surface area contributed by atoms with Crippen LogP contribution in [0.25, 0.3) is 33.4 Å². The Hall–Kier alpha value is -5.65. The van der Waals surface area contributed by atoms with Crippen LogP contribution in [0.15, 0.2) is 127 Å². The second-order valence-electron chi connectivity index (χ2n) is 11.2. The highest BCUT2D eigenvalue weighted by Crippen LogP contribution is 2.51. The highest BCUT2D eigenvalue weighted by molar-refractivity contribution is 7.49. The van der Waals surface area contributed by atoms with E-state index in [1.807, 2.05) is 39.0 Å². The van der Waals surface area contributed by atoms with Crippen molar-refractivity contribution in [1.29, 1.82) is 0 Å². The van der Waals surface area contributed by atoms with Crippen molar-refractivity contribution in [1.82, 2.24) is 0 Å². The summed E-state index contributed by atoms with van der Waals surface area (Å²) >= 11 is 0. The number of benzene rings is 6. The van der Waals surface area contributed by atoms with E-state index in [0.29, 0.717) is 16.7 Å². The van der Waals surface area contributed by atoms with Gasteiger partial charge >= 0.3 is 7.82 Å². The van der Waals surface area contributed by atoms with E-state index < -0.39 is 7.82 Å². The molecule has 0 fully saturated rings. The van der Waals surface area contributed by atoms with E-state index in [9.17, 15) is 19.9 Å². The minimum absolute atomic E-state index is 0.154. The third-order valence-electron chi connectivity index (χ3n) is 7.83. The fourth-order valence-electron chi connectivity index (χ4n) is 5.57. The Bertz CT molecular complexity index is 1790. The van der Waals surface area contributed by atoms with Crippen LogP contribution in [-0.2, 0) is 4.57 Å². The molecule has 3 N–H and O–H groups in total. The maximum absolute atomic E-state index is 14.3. The summed E-state index contributed by atoms with van der Waals surface area (Å²) in [6.07, 6.45) is 0. The lowest BCUT2D eigenvalue weighted by atomic mass is 9.99. The number of phosphoric acid groups is 1. The topological polar surface area (TPSA) is 105 Å². The average molecular weight is 645 g/mol. The molecule has 47 heavy (non-hydrogen) atoms. The van der Waals surface area contributed by atoms with Crippen molar-refractivity contribution in [3.63, 3.8) is 0 Å². The molecular weight excluding hydrogens is 611 g/mol. The highest BCUT2D eigenvalue weighted by Gasteiger charge is 2.33. The van der Waals surface area contributed by atoms with E-state index in [1.54, 1.807) is 109 Å². The first-order valence-corrected chi connectivity index (χ1v) is 16.4. The smallest absolute Gasteiger partial charge is 0.507 e. The summed E-state index contributed by atoms with van der Waals surface area (Å²) < 4.78 is 32.1. The highest BCUT2D eigenvalue weighted by atomic mass is 31.2. The molecule has 0 heterocycles. The summed E-state index contributed by atoms with van der Waals surface area (Å²) in [6.45, 7) is 5.73. The zero-order valence-electron chi connectivity index (χ0n) is 26.0. The monoisotopic (exact) mass is 644 g/mol. The summed E-state index contributed by atoms with van der Waals surface area (Å²) in [5.41, 5.74) is 7.06. The van der Waals surface area contributed by atoms with Crippen LogP contribution in [0.5, 0.6) is 34.5 Å². The normalized spacial score (nSPS) is 11.2. The molecule has 6 aromatic rings. The van der Waals surface area contributed by atoms with Crippen LogP contribution in [0, 0.1) is 20.8 Å². The van der Waals surface area contributed by atoms with Gasteiger partial charge in [-0.15, -0.1) is 0 Å². The Kier molecular flexibility index (Phi) is 8.66. The molecule has 0 atom stereocenters. The molecule has 0 bridgehead atoms. The van der Waals surface area contributed by atoms with Gasteiger partial charge in [0, 0.05) is 16.7 Å². The first kappa shape index (κ1) is 31.3. The Morgan fingerprint density at radius 1 is 0.404 bits per heavy atom. The largest absolute Gasteiger partial charge is 0.647 e. The number of phosphoric ester groups is 1. The molecule has 7 nitrogen and oxygen atoms in total. The van der Waals surface area contributed by atoms with Crippen molar-refractivity contribution >= 4 is 7.82 Å². The van der Waals surface area contributed by atoms with Gasteiger partial charge in [0.2, 0.25) is 0 Å². The second kappa shape index (κ2) is 13.0. The van der Waals surface area contributed by atoms with E-state index in [1.165, 1.54) is 0 Å². The zero-order chi connectivity index (χ0) is 33.1. The van der Waals surface area contributed by atoms with Crippen molar-refractivity contribution < 1.29 is 33.5 Å². The van der Waals surface area contributed by atoms with Crippen molar-refractivity contribution in [3.05, 3.63) is 144 Å². The number of phenolic OH excluding ortho intramolecular Hbond substituents is 3. The number of phenols is 3. The van der Waals surface area contributed by atoms with Gasteiger partial charge in [-0.05, 0) is 109 Å². The first-order valence-electron chi connectivity index (χ1n) is 15.0. The average Bonchev–Trinajstić information content (AvgIpc) is 3.03. The molecule has 0 aliphatic carbocycles. The fourth-order valence-corrected chi connectivity index (χ4v) is 6.83. The Balaban J connectivity index is 1.30. The number of hydrogen-bond donors (Lipinski definition) is 3. The van der Waals surface area contributed by atoms with Crippen LogP contribution >= 0.6 is 7.82 Å². The number of hydrogen-bond acceptors (Lipinski definition) is 7. The van der Waals surface area contributed by atoms with Gasteiger partial charge in [0.25, 0.3) is 0 Å². The lowest BCUT2D eigenvalue weighted by Gasteiger charge is -2.20.